The van der Waals surface area contributed by atoms with Crippen LogP contribution in [0.2, 0.25) is 0 Å². The Balaban J connectivity index is 0.000000317. The maximum absolute atomic E-state index is 8.89. The van der Waals surface area contributed by atoms with Crippen molar-refractivity contribution in [1.29, 1.82) is 0 Å². The van der Waals surface area contributed by atoms with E-state index in [9.17, 15) is 0 Å². The van der Waals surface area contributed by atoms with E-state index in [0.29, 0.717) is 0 Å². The van der Waals surface area contributed by atoms with E-state index < -0.39 is 29.2 Å². The van der Waals surface area contributed by atoms with Crippen molar-refractivity contribution in [2.75, 3.05) is 0 Å². The summed E-state index contributed by atoms with van der Waals surface area (Å²) in [5.41, 5.74) is 0. The number of carbonyl (C=O) groups excluding carboxylic acids is 1. The molecule has 0 bridgehead atoms. The van der Waals surface area contributed by atoms with Gasteiger partial charge in [-0.05, 0) is 6.92 Å². The van der Waals surface area contributed by atoms with E-state index in [1.165, 1.54) is 0 Å². The van der Waals surface area contributed by atoms with Crippen molar-refractivity contribution in [3.05, 3.63) is 60.7 Å². The third-order valence-corrected chi connectivity index (χ3v) is 6.10. The zero-order valence-corrected chi connectivity index (χ0v) is 13.0. The average molecular weight is 422 g/mol. The number of carbonyl (C=O) groups is 1. The van der Waals surface area contributed by atoms with Gasteiger partial charge >= 0.3 is 90.4 Å². The van der Waals surface area contributed by atoms with Crippen LogP contribution in [0.4, 0.5) is 0 Å². The molecule has 0 N–H and O–H groups in total. The Labute approximate surface area is 113 Å². The molecule has 2 radical (unpaired) electrons. The van der Waals surface area contributed by atoms with Crippen LogP contribution in [0, 0.1) is 0 Å². The molecular formula is C14H13BiO2. The Morgan fingerprint density at radius 2 is 1.18 bits per heavy atom. The van der Waals surface area contributed by atoms with Crippen LogP contribution >= 0.6 is 0 Å². The number of carboxylic acid groups (broad SMARTS) is 1. The minimum absolute atomic E-state index is 0.613. The molecule has 2 aromatic rings. The second kappa shape index (κ2) is 7.97. The Morgan fingerprint density at radius 3 is 1.47 bits per heavy atom. The van der Waals surface area contributed by atoms with Crippen molar-refractivity contribution in [3.8, 4) is 0 Å². The number of aliphatic carboxylic acids is 1. The number of hydrogen-bond acceptors (Lipinski definition) is 2. The Hall–Kier alpha value is -1.21. The van der Waals surface area contributed by atoms with Crippen LogP contribution in [0.5, 0.6) is 0 Å². The molecule has 0 aromatic heterocycles. The van der Waals surface area contributed by atoms with E-state index >= 15 is 0 Å². The molecule has 0 spiro atoms. The molecule has 0 fully saturated rings. The van der Waals surface area contributed by atoms with Crippen LogP contribution in [0.25, 0.3) is 0 Å². The van der Waals surface area contributed by atoms with E-state index in [1.807, 2.05) is 0 Å². The molecule has 0 heterocycles. The summed E-state index contributed by atoms with van der Waals surface area (Å²) in [6.45, 7) is 0.972. The van der Waals surface area contributed by atoms with Crippen LogP contribution in [0.15, 0.2) is 60.7 Å². The van der Waals surface area contributed by atoms with Gasteiger partial charge in [-0.1, -0.05) is 0 Å². The minimum atomic E-state index is -1.08. The topological polar surface area (TPSA) is 40.1 Å². The molecule has 0 aliphatic carbocycles. The first-order valence-electron chi connectivity index (χ1n) is 5.18. The normalized spacial score (nSPS) is 9.00. The van der Waals surface area contributed by atoms with Crippen LogP contribution in [0.1, 0.15) is 6.92 Å². The number of carboxylic acids is 1. The predicted molar refractivity (Wildman–Crippen MR) is 68.6 cm³/mol. The van der Waals surface area contributed by atoms with Crippen LogP contribution in [-0.2, 0) is 4.79 Å². The fourth-order valence-corrected chi connectivity index (χ4v) is 4.81. The van der Waals surface area contributed by atoms with E-state index in [-0.39, 0.29) is 0 Å². The quantitative estimate of drug-likeness (QED) is 0.645. The van der Waals surface area contributed by atoms with Gasteiger partial charge in [0, 0.05) is 5.97 Å². The van der Waals surface area contributed by atoms with Crippen molar-refractivity contribution in [2.45, 2.75) is 6.92 Å². The summed E-state index contributed by atoms with van der Waals surface area (Å²) >= 11 is -0.613. The second-order valence-corrected chi connectivity index (χ2v) is 8.16. The number of rotatable bonds is 2. The van der Waals surface area contributed by atoms with Gasteiger partial charge in [-0.2, -0.15) is 0 Å². The predicted octanol–water partition coefficient (Wildman–Crippen LogP) is 0.0978. The summed E-state index contributed by atoms with van der Waals surface area (Å²) in [7, 11) is 0. The van der Waals surface area contributed by atoms with Crippen LogP contribution < -0.4 is 11.6 Å². The van der Waals surface area contributed by atoms with Gasteiger partial charge in [-0.25, -0.2) is 0 Å². The monoisotopic (exact) mass is 422 g/mol. The van der Waals surface area contributed by atoms with Gasteiger partial charge in [-0.3, -0.25) is 0 Å². The van der Waals surface area contributed by atoms with Gasteiger partial charge in [-0.15, -0.1) is 0 Å². The standard InChI is InChI=1S/2C6H5.C2H4O2.Bi/c2*1-2-4-6-5-3-1;1-2(3)4;/h2*1-5H;1H3,(H,3,4);/q;;;+1/p-1. The SMILES string of the molecule is CC(=O)[O-].c1cc[c]([Bi+][c]2ccccc2)cc1. The van der Waals surface area contributed by atoms with E-state index in [1.54, 1.807) is 6.54 Å². The molecular weight excluding hydrogens is 409 g/mol. The average Bonchev–Trinajstić information content (AvgIpc) is 2.31. The molecule has 2 nitrogen and oxygen atoms in total. The van der Waals surface area contributed by atoms with Crippen molar-refractivity contribution in [1.82, 2.24) is 0 Å². The molecule has 0 amide bonds. The zero-order valence-electron chi connectivity index (χ0n) is 9.54. The molecule has 0 saturated heterocycles. The second-order valence-electron chi connectivity index (χ2n) is 3.27. The van der Waals surface area contributed by atoms with Crippen molar-refractivity contribution in [3.63, 3.8) is 0 Å². The first-order valence-corrected chi connectivity index (χ1v) is 8.65. The third kappa shape index (κ3) is 6.86. The summed E-state index contributed by atoms with van der Waals surface area (Å²) in [6, 6.07) is 21.6. The number of benzene rings is 2. The molecule has 2 rings (SSSR count). The van der Waals surface area contributed by atoms with Gasteiger partial charge in [0.15, 0.2) is 0 Å². The molecule has 0 saturated carbocycles. The molecule has 86 valence electrons. The fourth-order valence-electron chi connectivity index (χ4n) is 1.15. The Kier molecular flexibility index (Phi) is 6.50. The molecule has 0 aliphatic heterocycles. The molecule has 3 heteroatoms. The Bertz CT molecular complexity index is 399. The van der Waals surface area contributed by atoms with Crippen LogP contribution in [0.3, 0.4) is 0 Å². The van der Waals surface area contributed by atoms with Crippen molar-refractivity contribution in [2.24, 2.45) is 0 Å². The van der Waals surface area contributed by atoms with Gasteiger partial charge in [0.05, 0.1) is 0 Å². The van der Waals surface area contributed by atoms with Crippen LogP contribution in [-0.4, -0.2) is 29.2 Å². The van der Waals surface area contributed by atoms with E-state index in [4.69, 9.17) is 9.90 Å². The molecule has 2 aromatic carbocycles. The number of hydrogen-bond donors (Lipinski definition) is 0. The summed E-state index contributed by atoms with van der Waals surface area (Å²) in [6.07, 6.45) is 0. The summed E-state index contributed by atoms with van der Waals surface area (Å²) < 4.78 is 3.10. The van der Waals surface area contributed by atoms with Crippen molar-refractivity contribution < 1.29 is 9.90 Å². The van der Waals surface area contributed by atoms with Gasteiger partial charge in [0.25, 0.3) is 0 Å². The van der Waals surface area contributed by atoms with E-state index in [2.05, 4.69) is 60.7 Å². The third-order valence-electron chi connectivity index (χ3n) is 1.77. The molecule has 0 atom stereocenters. The van der Waals surface area contributed by atoms with E-state index in [0.717, 1.165) is 6.92 Å². The molecule has 0 aliphatic rings. The molecule has 0 unspecified atom stereocenters. The maximum atomic E-state index is 8.89. The summed E-state index contributed by atoms with van der Waals surface area (Å²) in [5, 5.41) is 8.89. The first kappa shape index (κ1) is 13.9. The zero-order chi connectivity index (χ0) is 12.5. The fraction of sp³-hybridized carbons (Fsp3) is 0.0714. The summed E-state index contributed by atoms with van der Waals surface area (Å²) in [5.74, 6) is -1.08. The van der Waals surface area contributed by atoms with Gasteiger partial charge < -0.3 is 9.90 Å². The van der Waals surface area contributed by atoms with Gasteiger partial charge in [0.1, 0.15) is 0 Å². The van der Waals surface area contributed by atoms with Crippen molar-refractivity contribution >= 4 is 35.7 Å². The summed E-state index contributed by atoms with van der Waals surface area (Å²) in [4.78, 5) is 8.89. The Morgan fingerprint density at radius 1 is 0.882 bits per heavy atom. The first-order chi connectivity index (χ1) is 8.18. The van der Waals surface area contributed by atoms with Gasteiger partial charge in [0.2, 0.25) is 0 Å². The molecule has 17 heavy (non-hydrogen) atoms.